The molecule has 1 heterocycles. The molecule has 0 N–H and O–H groups in total. The van der Waals surface area contributed by atoms with Gasteiger partial charge in [-0.1, -0.05) is 54.6 Å². The highest BCUT2D eigenvalue weighted by Crippen LogP contribution is 2.20. The fourth-order valence-electron chi connectivity index (χ4n) is 3.18. The average Bonchev–Trinajstić information content (AvgIpc) is 3.02. The van der Waals surface area contributed by atoms with Gasteiger partial charge in [0.25, 0.3) is 0 Å². The molecule has 1 atom stereocenters. The number of hydrogen-bond donors (Lipinski definition) is 0. The zero-order valence-corrected chi connectivity index (χ0v) is 13.9. The van der Waals surface area contributed by atoms with E-state index in [4.69, 9.17) is 0 Å². The molecule has 1 unspecified atom stereocenters. The summed E-state index contributed by atoms with van der Waals surface area (Å²) in [7, 11) is 4.05. The highest BCUT2D eigenvalue weighted by Gasteiger charge is 2.26. The van der Waals surface area contributed by atoms with Crippen molar-refractivity contribution in [3.05, 3.63) is 60.2 Å². The molecule has 0 radical (unpaired) electrons. The molecule has 0 saturated carbocycles. The Balaban J connectivity index is 1.63. The number of nitrogens with zero attached hydrogens (tertiary/aromatic N) is 2. The number of carbonyl (C=O) groups excluding carboxylic acids is 1. The van der Waals surface area contributed by atoms with Crippen LogP contribution in [0.25, 0.3) is 11.1 Å². The van der Waals surface area contributed by atoms with E-state index in [1.165, 1.54) is 11.1 Å². The van der Waals surface area contributed by atoms with Crippen LogP contribution >= 0.6 is 0 Å². The Labute approximate surface area is 138 Å². The summed E-state index contributed by atoms with van der Waals surface area (Å²) in [5, 5.41) is 0. The predicted octanol–water partition coefficient (Wildman–Crippen LogP) is 3.06. The summed E-state index contributed by atoms with van der Waals surface area (Å²) < 4.78 is 0. The minimum absolute atomic E-state index is 0.206. The Bertz CT molecular complexity index is 651. The summed E-state index contributed by atoms with van der Waals surface area (Å²) >= 11 is 0. The molecule has 2 aromatic carbocycles. The van der Waals surface area contributed by atoms with Crippen LogP contribution in [0.15, 0.2) is 54.6 Å². The van der Waals surface area contributed by atoms with Gasteiger partial charge in [0.15, 0.2) is 0 Å². The molecule has 0 aromatic heterocycles. The smallest absolute Gasteiger partial charge is 0.227 e. The second-order valence-electron chi connectivity index (χ2n) is 6.45. The van der Waals surface area contributed by atoms with Crippen LogP contribution in [0.1, 0.15) is 12.0 Å². The highest BCUT2D eigenvalue weighted by molar-refractivity contribution is 5.79. The maximum atomic E-state index is 12.5. The molecule has 1 fully saturated rings. The summed E-state index contributed by atoms with van der Waals surface area (Å²) in [5.74, 6) is 0.206. The quantitative estimate of drug-likeness (QED) is 0.866. The Morgan fingerprint density at radius 2 is 1.74 bits per heavy atom. The zero-order valence-electron chi connectivity index (χ0n) is 13.9. The van der Waals surface area contributed by atoms with Gasteiger partial charge >= 0.3 is 0 Å². The first kappa shape index (κ1) is 15.8. The standard InChI is InChI=1S/C20H24N2O/c1-21-13-12-19(15-21)22(2)20(23)14-16-8-10-18(11-9-16)17-6-4-3-5-7-17/h3-11,19H,12-15H2,1-2H3. The van der Waals surface area contributed by atoms with Crippen molar-refractivity contribution in [2.45, 2.75) is 18.9 Å². The topological polar surface area (TPSA) is 23.6 Å². The summed E-state index contributed by atoms with van der Waals surface area (Å²) in [6, 6.07) is 19.0. The van der Waals surface area contributed by atoms with Gasteiger partial charge in [-0.2, -0.15) is 0 Å². The normalized spacial score (nSPS) is 18.1. The van der Waals surface area contributed by atoms with Gasteiger partial charge in [-0.25, -0.2) is 0 Å². The lowest BCUT2D eigenvalue weighted by Gasteiger charge is -2.24. The van der Waals surface area contributed by atoms with E-state index in [9.17, 15) is 4.79 Å². The summed E-state index contributed by atoms with van der Waals surface area (Å²) in [6.07, 6.45) is 1.55. The van der Waals surface area contributed by atoms with Crippen molar-refractivity contribution in [3.8, 4) is 11.1 Å². The summed E-state index contributed by atoms with van der Waals surface area (Å²) in [4.78, 5) is 16.7. The third kappa shape index (κ3) is 3.80. The molecule has 3 rings (SSSR count). The van der Waals surface area contributed by atoms with Crippen molar-refractivity contribution >= 4 is 5.91 Å². The number of amides is 1. The van der Waals surface area contributed by atoms with E-state index >= 15 is 0 Å². The molecule has 120 valence electrons. The minimum atomic E-state index is 0.206. The maximum absolute atomic E-state index is 12.5. The van der Waals surface area contributed by atoms with Crippen LogP contribution in [0.3, 0.4) is 0 Å². The van der Waals surface area contributed by atoms with Crippen LogP contribution in [0.4, 0.5) is 0 Å². The van der Waals surface area contributed by atoms with Gasteiger partial charge in [-0.05, 0) is 36.7 Å². The second-order valence-corrected chi connectivity index (χ2v) is 6.45. The van der Waals surface area contributed by atoms with E-state index < -0.39 is 0 Å². The largest absolute Gasteiger partial charge is 0.341 e. The van der Waals surface area contributed by atoms with Gasteiger partial charge in [0.1, 0.15) is 0 Å². The Hall–Kier alpha value is -2.13. The van der Waals surface area contributed by atoms with Crippen molar-refractivity contribution in [3.63, 3.8) is 0 Å². The van der Waals surface area contributed by atoms with Crippen LogP contribution < -0.4 is 0 Å². The molecule has 1 aliphatic heterocycles. The van der Waals surface area contributed by atoms with Crippen molar-refractivity contribution < 1.29 is 4.79 Å². The lowest BCUT2D eigenvalue weighted by molar-refractivity contribution is -0.131. The SMILES string of the molecule is CN1CCC(N(C)C(=O)Cc2ccc(-c3ccccc3)cc2)C1. The van der Waals surface area contributed by atoms with E-state index in [0.29, 0.717) is 12.5 Å². The molecule has 0 bridgehead atoms. The number of likely N-dealkylation sites (tertiary alicyclic amines) is 1. The Morgan fingerprint density at radius 3 is 2.35 bits per heavy atom. The fourth-order valence-corrected chi connectivity index (χ4v) is 3.18. The van der Waals surface area contributed by atoms with Crippen molar-refractivity contribution in [2.24, 2.45) is 0 Å². The lowest BCUT2D eigenvalue weighted by Crippen LogP contribution is -2.39. The number of carbonyl (C=O) groups is 1. The third-order valence-electron chi connectivity index (χ3n) is 4.72. The first-order valence-corrected chi connectivity index (χ1v) is 8.22. The first-order valence-electron chi connectivity index (χ1n) is 8.22. The maximum Gasteiger partial charge on any atom is 0.227 e. The molecular weight excluding hydrogens is 284 g/mol. The van der Waals surface area contributed by atoms with Crippen molar-refractivity contribution in [1.29, 1.82) is 0 Å². The van der Waals surface area contributed by atoms with Gasteiger partial charge in [0.05, 0.1) is 6.42 Å². The number of hydrogen-bond acceptors (Lipinski definition) is 2. The molecule has 0 aliphatic carbocycles. The molecule has 3 nitrogen and oxygen atoms in total. The van der Waals surface area contributed by atoms with Gasteiger partial charge in [0, 0.05) is 19.6 Å². The van der Waals surface area contributed by atoms with Crippen LogP contribution in [0.2, 0.25) is 0 Å². The van der Waals surface area contributed by atoms with E-state index in [1.54, 1.807) is 0 Å². The van der Waals surface area contributed by atoms with Gasteiger partial charge in [0.2, 0.25) is 5.91 Å². The van der Waals surface area contributed by atoms with E-state index in [1.807, 2.05) is 30.1 Å². The molecule has 3 heteroatoms. The molecule has 2 aromatic rings. The molecule has 1 aliphatic rings. The van der Waals surface area contributed by atoms with Crippen LogP contribution in [-0.4, -0.2) is 48.9 Å². The van der Waals surface area contributed by atoms with E-state index in [-0.39, 0.29) is 5.91 Å². The number of benzene rings is 2. The van der Waals surface area contributed by atoms with E-state index in [0.717, 1.165) is 25.1 Å². The van der Waals surface area contributed by atoms with Gasteiger partial charge in [-0.15, -0.1) is 0 Å². The number of likely N-dealkylation sites (N-methyl/N-ethyl adjacent to an activating group) is 2. The lowest BCUT2D eigenvalue weighted by atomic mass is 10.0. The van der Waals surface area contributed by atoms with Crippen LogP contribution in [-0.2, 0) is 11.2 Å². The zero-order chi connectivity index (χ0) is 16.2. The molecule has 1 amide bonds. The molecule has 23 heavy (non-hydrogen) atoms. The van der Waals surface area contributed by atoms with Crippen LogP contribution in [0.5, 0.6) is 0 Å². The summed E-state index contributed by atoms with van der Waals surface area (Å²) in [6.45, 7) is 2.06. The van der Waals surface area contributed by atoms with Crippen LogP contribution in [0, 0.1) is 0 Å². The minimum Gasteiger partial charge on any atom is -0.341 e. The monoisotopic (exact) mass is 308 g/mol. The van der Waals surface area contributed by atoms with Gasteiger partial charge in [-0.3, -0.25) is 4.79 Å². The third-order valence-corrected chi connectivity index (χ3v) is 4.72. The summed E-state index contributed by atoms with van der Waals surface area (Å²) in [5.41, 5.74) is 3.47. The first-order chi connectivity index (χ1) is 11.1. The average molecular weight is 308 g/mol. The Morgan fingerprint density at radius 1 is 1.09 bits per heavy atom. The highest BCUT2D eigenvalue weighted by atomic mass is 16.2. The molecule has 0 spiro atoms. The second kappa shape index (κ2) is 6.97. The van der Waals surface area contributed by atoms with E-state index in [2.05, 4.69) is 48.3 Å². The molecular formula is C20H24N2O. The molecule has 1 saturated heterocycles. The van der Waals surface area contributed by atoms with Gasteiger partial charge < -0.3 is 9.80 Å². The number of rotatable bonds is 4. The fraction of sp³-hybridized carbons (Fsp3) is 0.350. The predicted molar refractivity (Wildman–Crippen MR) is 94.3 cm³/mol. The van der Waals surface area contributed by atoms with Crippen molar-refractivity contribution in [1.82, 2.24) is 9.80 Å². The van der Waals surface area contributed by atoms with Crippen molar-refractivity contribution in [2.75, 3.05) is 27.2 Å². The Kier molecular flexibility index (Phi) is 4.77.